The summed E-state index contributed by atoms with van der Waals surface area (Å²) in [7, 11) is -1.45. The lowest BCUT2D eigenvalue weighted by molar-refractivity contribution is -0.116. The van der Waals surface area contributed by atoms with Gasteiger partial charge in [0.1, 0.15) is 0 Å². The van der Waals surface area contributed by atoms with Crippen LogP contribution in [-0.4, -0.2) is 33.7 Å². The smallest absolute Gasteiger partial charge is 0.232 e. The third-order valence-electron chi connectivity index (χ3n) is 2.99. The summed E-state index contributed by atoms with van der Waals surface area (Å²) < 4.78 is 25.6. The highest BCUT2D eigenvalue weighted by Gasteiger charge is 2.10. The van der Waals surface area contributed by atoms with E-state index in [0.717, 1.165) is 18.5 Å². The average Bonchev–Trinajstić information content (AvgIpc) is 2.42. The molecule has 0 radical (unpaired) electrons. The Hall–Kier alpha value is -1.60. The molecular weight excluding hydrogens is 290 g/mol. The second-order valence-corrected chi connectivity index (χ2v) is 6.80. The number of benzene rings is 1. The van der Waals surface area contributed by atoms with Gasteiger partial charge in [-0.3, -0.25) is 9.52 Å². The van der Waals surface area contributed by atoms with Gasteiger partial charge < -0.3 is 10.6 Å². The number of nitrogens with one attached hydrogen (secondary N) is 3. The molecule has 7 heteroatoms. The lowest BCUT2D eigenvalue weighted by atomic mass is 10.2. The number of carbonyl (C=O) groups is 1. The monoisotopic (exact) mass is 313 g/mol. The van der Waals surface area contributed by atoms with E-state index < -0.39 is 10.0 Å². The SMILES string of the molecule is CCS(=O)(=O)Nc1ccc(NC(=O)CCCNC)cc1C. The molecule has 6 nitrogen and oxygen atoms in total. The van der Waals surface area contributed by atoms with Crippen LogP contribution in [0.25, 0.3) is 0 Å². The maximum atomic E-state index is 11.7. The normalized spacial score (nSPS) is 11.2. The van der Waals surface area contributed by atoms with E-state index in [-0.39, 0.29) is 11.7 Å². The van der Waals surface area contributed by atoms with Gasteiger partial charge in [0.05, 0.1) is 11.4 Å². The number of carbonyl (C=O) groups excluding carboxylic acids is 1. The van der Waals surface area contributed by atoms with Crippen molar-refractivity contribution in [3.05, 3.63) is 23.8 Å². The van der Waals surface area contributed by atoms with Crippen LogP contribution in [0.3, 0.4) is 0 Å². The van der Waals surface area contributed by atoms with E-state index in [0.29, 0.717) is 17.8 Å². The highest BCUT2D eigenvalue weighted by Crippen LogP contribution is 2.21. The first-order valence-corrected chi connectivity index (χ1v) is 8.58. The average molecular weight is 313 g/mol. The van der Waals surface area contributed by atoms with Gasteiger partial charge in [0.25, 0.3) is 0 Å². The van der Waals surface area contributed by atoms with Crippen LogP contribution in [0.1, 0.15) is 25.3 Å². The third-order valence-corrected chi connectivity index (χ3v) is 4.28. The van der Waals surface area contributed by atoms with Gasteiger partial charge in [0.2, 0.25) is 15.9 Å². The minimum absolute atomic E-state index is 0.0242. The van der Waals surface area contributed by atoms with E-state index in [2.05, 4.69) is 15.4 Å². The van der Waals surface area contributed by atoms with Crippen LogP contribution < -0.4 is 15.4 Å². The molecule has 0 saturated carbocycles. The highest BCUT2D eigenvalue weighted by molar-refractivity contribution is 7.92. The molecule has 1 rings (SSSR count). The molecule has 3 N–H and O–H groups in total. The van der Waals surface area contributed by atoms with Gasteiger partial charge >= 0.3 is 0 Å². The molecule has 1 aromatic rings. The van der Waals surface area contributed by atoms with Crippen LogP contribution in [-0.2, 0) is 14.8 Å². The zero-order valence-electron chi connectivity index (χ0n) is 12.7. The second-order valence-electron chi connectivity index (χ2n) is 4.79. The van der Waals surface area contributed by atoms with E-state index in [1.54, 1.807) is 32.0 Å². The Morgan fingerprint density at radius 2 is 2.00 bits per heavy atom. The van der Waals surface area contributed by atoms with E-state index in [9.17, 15) is 13.2 Å². The first kappa shape index (κ1) is 17.5. The first-order valence-electron chi connectivity index (χ1n) is 6.93. The summed E-state index contributed by atoms with van der Waals surface area (Å²) in [6.45, 7) is 4.17. The molecule has 0 bridgehead atoms. The highest BCUT2D eigenvalue weighted by atomic mass is 32.2. The molecule has 0 heterocycles. The van der Waals surface area contributed by atoms with Crippen LogP contribution in [0.5, 0.6) is 0 Å². The van der Waals surface area contributed by atoms with Crippen LogP contribution >= 0.6 is 0 Å². The van der Waals surface area contributed by atoms with Crippen molar-refractivity contribution < 1.29 is 13.2 Å². The zero-order chi connectivity index (χ0) is 15.9. The molecule has 0 aliphatic rings. The fraction of sp³-hybridized carbons (Fsp3) is 0.500. The largest absolute Gasteiger partial charge is 0.326 e. The van der Waals surface area contributed by atoms with Crippen molar-refractivity contribution in [2.75, 3.05) is 29.4 Å². The Bertz CT molecular complexity index is 585. The number of anilines is 2. The number of sulfonamides is 1. The summed E-state index contributed by atoms with van der Waals surface area (Å²) in [6, 6.07) is 5.10. The van der Waals surface area contributed by atoms with Crippen LogP contribution in [0.2, 0.25) is 0 Å². The van der Waals surface area contributed by atoms with Crippen LogP contribution in [0.15, 0.2) is 18.2 Å². The van der Waals surface area contributed by atoms with Gasteiger partial charge in [-0.05, 0) is 57.6 Å². The lowest BCUT2D eigenvalue weighted by Crippen LogP contribution is -2.16. The van der Waals surface area contributed by atoms with Crippen molar-refractivity contribution in [3.63, 3.8) is 0 Å². The fourth-order valence-corrected chi connectivity index (χ4v) is 2.45. The van der Waals surface area contributed by atoms with Crippen LogP contribution in [0, 0.1) is 6.92 Å². The second kappa shape index (κ2) is 7.99. The number of hydrogen-bond donors (Lipinski definition) is 3. The molecule has 0 atom stereocenters. The molecule has 0 aliphatic carbocycles. The van der Waals surface area contributed by atoms with E-state index >= 15 is 0 Å². The summed E-state index contributed by atoms with van der Waals surface area (Å²) >= 11 is 0. The molecule has 0 spiro atoms. The van der Waals surface area contributed by atoms with E-state index in [4.69, 9.17) is 0 Å². The van der Waals surface area contributed by atoms with Crippen molar-refractivity contribution >= 4 is 27.3 Å². The first-order chi connectivity index (χ1) is 9.88. The van der Waals surface area contributed by atoms with Crippen molar-refractivity contribution in [2.45, 2.75) is 26.7 Å². The quantitative estimate of drug-likeness (QED) is 0.637. The molecular formula is C14H23N3O3S. The Labute approximate surface area is 126 Å². The molecule has 0 unspecified atom stereocenters. The predicted octanol–water partition coefficient (Wildman–Crippen LogP) is 1.69. The maximum Gasteiger partial charge on any atom is 0.232 e. The zero-order valence-corrected chi connectivity index (χ0v) is 13.5. The summed E-state index contributed by atoms with van der Waals surface area (Å²) in [4.78, 5) is 11.7. The Kier molecular flexibility index (Phi) is 6.64. The van der Waals surface area contributed by atoms with Crippen molar-refractivity contribution in [1.82, 2.24) is 5.32 Å². The van der Waals surface area contributed by atoms with Gasteiger partial charge in [-0.1, -0.05) is 0 Å². The van der Waals surface area contributed by atoms with Crippen molar-refractivity contribution in [3.8, 4) is 0 Å². The molecule has 1 aromatic carbocycles. The lowest BCUT2D eigenvalue weighted by Gasteiger charge is -2.11. The molecule has 0 aliphatic heterocycles. The van der Waals surface area contributed by atoms with Crippen molar-refractivity contribution in [1.29, 1.82) is 0 Å². The van der Waals surface area contributed by atoms with Gasteiger partial charge in [0.15, 0.2) is 0 Å². The summed E-state index contributed by atoms with van der Waals surface area (Å²) in [5.41, 5.74) is 1.96. The van der Waals surface area contributed by atoms with Gasteiger partial charge in [-0.15, -0.1) is 0 Å². The molecule has 0 fully saturated rings. The minimum Gasteiger partial charge on any atom is -0.326 e. The number of rotatable bonds is 8. The minimum atomic E-state index is -3.29. The third kappa shape index (κ3) is 6.14. The predicted molar refractivity (Wildman–Crippen MR) is 86.1 cm³/mol. The molecule has 0 aromatic heterocycles. The summed E-state index contributed by atoms with van der Waals surface area (Å²) in [6.07, 6.45) is 1.22. The standard InChI is InChI=1S/C14H23N3O3S/c1-4-21(19,20)17-13-8-7-12(10-11(13)2)16-14(18)6-5-9-15-3/h7-8,10,15,17H,4-6,9H2,1-3H3,(H,16,18). The topological polar surface area (TPSA) is 87.3 Å². The number of aryl methyl sites for hydroxylation is 1. The van der Waals surface area contributed by atoms with E-state index in [1.807, 2.05) is 7.05 Å². The Morgan fingerprint density at radius 3 is 2.57 bits per heavy atom. The molecule has 1 amide bonds. The molecule has 0 saturated heterocycles. The number of hydrogen-bond acceptors (Lipinski definition) is 4. The Morgan fingerprint density at radius 1 is 1.29 bits per heavy atom. The molecule has 118 valence electrons. The molecule has 21 heavy (non-hydrogen) atoms. The summed E-state index contributed by atoms with van der Waals surface area (Å²) in [5.74, 6) is -0.0253. The van der Waals surface area contributed by atoms with Gasteiger partial charge in [-0.2, -0.15) is 0 Å². The van der Waals surface area contributed by atoms with Crippen molar-refractivity contribution in [2.24, 2.45) is 0 Å². The Balaban J connectivity index is 2.68. The van der Waals surface area contributed by atoms with Gasteiger partial charge in [-0.25, -0.2) is 8.42 Å². The van der Waals surface area contributed by atoms with Gasteiger partial charge in [0, 0.05) is 12.1 Å². The maximum absolute atomic E-state index is 11.7. The summed E-state index contributed by atoms with van der Waals surface area (Å²) in [5, 5.41) is 5.79. The number of amides is 1. The van der Waals surface area contributed by atoms with Crippen LogP contribution in [0.4, 0.5) is 11.4 Å². The fourth-order valence-electron chi connectivity index (χ4n) is 1.74. The van der Waals surface area contributed by atoms with E-state index in [1.165, 1.54) is 0 Å².